The number of benzene rings is 1. The Hall–Kier alpha value is -1.96. The minimum atomic E-state index is 0.706. The summed E-state index contributed by atoms with van der Waals surface area (Å²) in [4.78, 5) is 8.48. The topological polar surface area (TPSA) is 25.2 Å². The monoisotopic (exact) mass is 226 g/mol. The lowest BCUT2D eigenvalue weighted by Crippen LogP contribution is -1.86. The number of aliphatic imine (C=N–C) groups is 1. The van der Waals surface area contributed by atoms with Crippen LogP contribution in [0.25, 0.3) is 0 Å². The molecular formula is C15H18N2. The van der Waals surface area contributed by atoms with Gasteiger partial charge in [0, 0.05) is 12.4 Å². The van der Waals surface area contributed by atoms with Crippen LogP contribution in [0.3, 0.4) is 0 Å². The average molecular weight is 226 g/mol. The highest BCUT2D eigenvalue weighted by molar-refractivity contribution is 5.76. The van der Waals surface area contributed by atoms with Crippen LogP contribution in [0.1, 0.15) is 25.1 Å². The van der Waals surface area contributed by atoms with Crippen LogP contribution in [0.15, 0.2) is 59.7 Å². The maximum Gasteiger partial charge on any atom is 0.0807 e. The first kappa shape index (κ1) is 13.1. The van der Waals surface area contributed by atoms with Gasteiger partial charge in [-0.05, 0) is 17.7 Å². The second kappa shape index (κ2) is 8.22. The lowest BCUT2D eigenvalue weighted by molar-refractivity contribution is 1.07. The smallest absolute Gasteiger partial charge is 0.0807 e. The van der Waals surface area contributed by atoms with Crippen LogP contribution in [-0.4, -0.2) is 11.2 Å². The molecule has 2 nitrogen and oxygen atoms in total. The predicted molar refractivity (Wildman–Crippen MR) is 73.3 cm³/mol. The van der Waals surface area contributed by atoms with E-state index in [4.69, 9.17) is 0 Å². The molecule has 1 heterocycles. The fourth-order valence-corrected chi connectivity index (χ4v) is 1.28. The number of hydrogen-bond donors (Lipinski definition) is 0. The van der Waals surface area contributed by atoms with Gasteiger partial charge in [-0.3, -0.25) is 9.98 Å². The minimum absolute atomic E-state index is 0.706. The minimum Gasteiger partial charge on any atom is -0.286 e. The first-order chi connectivity index (χ1) is 8.45. The summed E-state index contributed by atoms with van der Waals surface area (Å²) in [6, 6.07) is 16.0. The van der Waals surface area contributed by atoms with E-state index in [-0.39, 0.29) is 0 Å². The van der Waals surface area contributed by atoms with E-state index in [9.17, 15) is 0 Å². The largest absolute Gasteiger partial charge is 0.286 e. The lowest BCUT2D eigenvalue weighted by Gasteiger charge is -1.94. The van der Waals surface area contributed by atoms with Gasteiger partial charge in [0.15, 0.2) is 0 Å². The second-order valence-electron chi connectivity index (χ2n) is 3.21. The summed E-state index contributed by atoms with van der Waals surface area (Å²) >= 11 is 0. The number of hydrogen-bond acceptors (Lipinski definition) is 2. The zero-order valence-electron chi connectivity index (χ0n) is 10.4. The lowest BCUT2D eigenvalue weighted by atomic mass is 10.2. The first-order valence-electron chi connectivity index (χ1n) is 5.90. The fraction of sp³-hybridized carbons (Fsp3) is 0.200. The molecule has 0 atom stereocenters. The van der Waals surface area contributed by atoms with E-state index >= 15 is 0 Å². The molecule has 0 unspecified atom stereocenters. The Morgan fingerprint density at radius 2 is 1.71 bits per heavy atom. The summed E-state index contributed by atoms with van der Waals surface area (Å²) in [7, 11) is 0. The van der Waals surface area contributed by atoms with Gasteiger partial charge in [-0.1, -0.05) is 50.2 Å². The normalized spacial score (nSPS) is 9.76. The van der Waals surface area contributed by atoms with Crippen molar-refractivity contribution in [2.45, 2.75) is 20.4 Å². The Bertz CT molecular complexity index is 421. The molecule has 0 fully saturated rings. The average Bonchev–Trinajstić information content (AvgIpc) is 2.43. The van der Waals surface area contributed by atoms with E-state index < -0.39 is 0 Å². The molecule has 0 aliphatic heterocycles. The molecule has 0 saturated heterocycles. The van der Waals surface area contributed by atoms with E-state index in [1.165, 1.54) is 5.56 Å². The number of nitrogens with zero attached hydrogens (tertiary/aromatic N) is 2. The summed E-state index contributed by atoms with van der Waals surface area (Å²) < 4.78 is 0. The number of aromatic nitrogens is 1. The van der Waals surface area contributed by atoms with Crippen molar-refractivity contribution >= 4 is 6.21 Å². The van der Waals surface area contributed by atoms with Gasteiger partial charge in [-0.15, -0.1) is 0 Å². The third-order valence-corrected chi connectivity index (χ3v) is 2.03. The van der Waals surface area contributed by atoms with Crippen LogP contribution in [-0.2, 0) is 6.54 Å². The molecule has 0 amide bonds. The molecule has 0 aliphatic carbocycles. The van der Waals surface area contributed by atoms with Crippen LogP contribution in [0.4, 0.5) is 0 Å². The molecule has 1 aromatic carbocycles. The Balaban J connectivity index is 0.000000686. The zero-order valence-corrected chi connectivity index (χ0v) is 10.4. The fourth-order valence-electron chi connectivity index (χ4n) is 1.28. The molecule has 2 heteroatoms. The molecule has 2 rings (SSSR count). The van der Waals surface area contributed by atoms with Gasteiger partial charge in [-0.25, -0.2) is 0 Å². The van der Waals surface area contributed by atoms with Gasteiger partial charge >= 0.3 is 0 Å². The van der Waals surface area contributed by atoms with Crippen LogP contribution in [0, 0.1) is 0 Å². The first-order valence-corrected chi connectivity index (χ1v) is 5.90. The predicted octanol–water partition coefficient (Wildman–Crippen LogP) is 3.73. The van der Waals surface area contributed by atoms with Crippen molar-refractivity contribution in [3.05, 3.63) is 66.0 Å². The SMILES string of the molecule is C(=NCc1ccccc1)c1ccccn1.CC. The third-order valence-electron chi connectivity index (χ3n) is 2.03. The zero-order chi connectivity index (χ0) is 12.3. The summed E-state index contributed by atoms with van der Waals surface area (Å²) in [5.41, 5.74) is 2.11. The standard InChI is InChI=1S/C13H12N2.C2H6/c1-2-6-12(7-3-1)10-14-11-13-8-4-5-9-15-13;1-2/h1-9,11H,10H2;1-2H3. The van der Waals surface area contributed by atoms with Crippen LogP contribution in [0.2, 0.25) is 0 Å². The van der Waals surface area contributed by atoms with Gasteiger partial charge in [0.25, 0.3) is 0 Å². The van der Waals surface area contributed by atoms with E-state index in [2.05, 4.69) is 22.1 Å². The molecule has 0 aliphatic rings. The van der Waals surface area contributed by atoms with E-state index in [0.717, 1.165) is 5.69 Å². The molecule has 0 bridgehead atoms. The quantitative estimate of drug-likeness (QED) is 0.732. The van der Waals surface area contributed by atoms with Crippen molar-refractivity contribution in [1.82, 2.24) is 4.98 Å². The molecule has 2 aromatic rings. The summed E-state index contributed by atoms with van der Waals surface area (Å²) in [6.45, 7) is 4.71. The summed E-state index contributed by atoms with van der Waals surface area (Å²) in [5.74, 6) is 0. The third kappa shape index (κ3) is 5.07. The van der Waals surface area contributed by atoms with E-state index in [1.54, 1.807) is 12.4 Å². The van der Waals surface area contributed by atoms with Crippen LogP contribution in [0.5, 0.6) is 0 Å². The molecule has 0 N–H and O–H groups in total. The highest BCUT2D eigenvalue weighted by atomic mass is 14.7. The van der Waals surface area contributed by atoms with Crippen LogP contribution >= 0.6 is 0 Å². The van der Waals surface area contributed by atoms with Crippen molar-refractivity contribution in [3.8, 4) is 0 Å². The molecule has 0 spiro atoms. The Morgan fingerprint density at radius 1 is 1.00 bits per heavy atom. The van der Waals surface area contributed by atoms with Gasteiger partial charge in [0.2, 0.25) is 0 Å². The summed E-state index contributed by atoms with van der Waals surface area (Å²) in [5, 5.41) is 0. The van der Waals surface area contributed by atoms with Crippen molar-refractivity contribution in [3.63, 3.8) is 0 Å². The molecule has 88 valence electrons. The Kier molecular flexibility index (Phi) is 6.34. The van der Waals surface area contributed by atoms with Gasteiger partial charge in [-0.2, -0.15) is 0 Å². The highest BCUT2D eigenvalue weighted by Gasteiger charge is 1.87. The van der Waals surface area contributed by atoms with Gasteiger partial charge in [0.05, 0.1) is 12.2 Å². The van der Waals surface area contributed by atoms with E-state index in [0.29, 0.717) is 6.54 Å². The number of rotatable bonds is 3. The van der Waals surface area contributed by atoms with Crippen molar-refractivity contribution < 1.29 is 0 Å². The highest BCUT2D eigenvalue weighted by Crippen LogP contribution is 2.00. The van der Waals surface area contributed by atoms with Crippen molar-refractivity contribution in [2.24, 2.45) is 4.99 Å². The second-order valence-corrected chi connectivity index (χ2v) is 3.21. The number of pyridine rings is 1. The van der Waals surface area contributed by atoms with Crippen LogP contribution < -0.4 is 0 Å². The maximum absolute atomic E-state index is 4.32. The van der Waals surface area contributed by atoms with E-state index in [1.807, 2.05) is 50.2 Å². The van der Waals surface area contributed by atoms with Gasteiger partial charge < -0.3 is 0 Å². The molecule has 0 saturated carbocycles. The van der Waals surface area contributed by atoms with Gasteiger partial charge in [0.1, 0.15) is 0 Å². The summed E-state index contributed by atoms with van der Waals surface area (Å²) in [6.07, 6.45) is 3.57. The van der Waals surface area contributed by atoms with Crippen molar-refractivity contribution in [1.29, 1.82) is 0 Å². The van der Waals surface area contributed by atoms with Crippen molar-refractivity contribution in [2.75, 3.05) is 0 Å². The Morgan fingerprint density at radius 3 is 2.35 bits per heavy atom. The molecule has 0 radical (unpaired) electrons. The molecule has 17 heavy (non-hydrogen) atoms. The maximum atomic E-state index is 4.32. The molecular weight excluding hydrogens is 208 g/mol. The molecule has 1 aromatic heterocycles. The Labute approximate surface area is 103 Å².